The Morgan fingerprint density at radius 3 is 2.73 bits per heavy atom. The maximum absolute atomic E-state index is 13.2. The zero-order valence-electron chi connectivity index (χ0n) is 14.4. The smallest absolute Gasteiger partial charge is 0.325 e. The van der Waals surface area contributed by atoms with E-state index in [1.807, 2.05) is 19.9 Å². The van der Waals surface area contributed by atoms with E-state index in [4.69, 9.17) is 9.84 Å². The second kappa shape index (κ2) is 7.34. The Balaban J connectivity index is 1.87. The Hall–Kier alpha value is -3.23. The molecule has 0 atom stereocenters. The van der Waals surface area contributed by atoms with Gasteiger partial charge in [0, 0.05) is 18.3 Å². The van der Waals surface area contributed by atoms with Gasteiger partial charge >= 0.3 is 5.97 Å². The predicted octanol–water partition coefficient (Wildman–Crippen LogP) is 2.27. The van der Waals surface area contributed by atoms with E-state index < -0.39 is 11.8 Å². The highest BCUT2D eigenvalue weighted by atomic mass is 19.1. The fraction of sp³-hybridized carbons (Fsp3) is 0.294. The molecule has 0 saturated carbocycles. The zero-order valence-corrected chi connectivity index (χ0v) is 14.4. The molecule has 1 aromatic carbocycles. The van der Waals surface area contributed by atoms with Crippen LogP contribution in [0.1, 0.15) is 18.4 Å². The maximum atomic E-state index is 13.2. The summed E-state index contributed by atoms with van der Waals surface area (Å²) in [5, 5.41) is 17.7. The fourth-order valence-electron chi connectivity index (χ4n) is 2.52. The predicted molar refractivity (Wildman–Crippen MR) is 90.0 cm³/mol. The van der Waals surface area contributed by atoms with Crippen LogP contribution in [0.5, 0.6) is 5.75 Å². The van der Waals surface area contributed by atoms with Crippen molar-refractivity contribution in [1.29, 1.82) is 0 Å². The molecule has 3 aromatic rings. The molecule has 0 aliphatic heterocycles. The lowest BCUT2D eigenvalue weighted by molar-refractivity contribution is -0.137. The first-order valence-corrected chi connectivity index (χ1v) is 8.05. The number of carbonyl (C=O) groups is 1. The Bertz CT molecular complexity index is 934. The standard InChI is InChI=1S/C17H18FN5O3/c1-3-22-11(2)7-14(20-22)17-19-15(21-23(17)9-16(24)25)10-26-13-6-4-5-12(18)8-13/h4-8H,3,9-10H2,1-2H3,(H,24,25). The van der Waals surface area contributed by atoms with E-state index in [2.05, 4.69) is 15.2 Å². The Kier molecular flexibility index (Phi) is 4.97. The van der Waals surface area contributed by atoms with Crippen LogP contribution in [0, 0.1) is 12.7 Å². The van der Waals surface area contributed by atoms with E-state index in [0.717, 1.165) is 5.69 Å². The lowest BCUT2D eigenvalue weighted by Crippen LogP contribution is -2.12. The number of halogens is 1. The van der Waals surface area contributed by atoms with Crippen molar-refractivity contribution in [3.63, 3.8) is 0 Å². The molecule has 2 aromatic heterocycles. The maximum Gasteiger partial charge on any atom is 0.325 e. The summed E-state index contributed by atoms with van der Waals surface area (Å²) in [6.45, 7) is 4.20. The Morgan fingerprint density at radius 1 is 1.27 bits per heavy atom. The average molecular weight is 359 g/mol. The third kappa shape index (κ3) is 3.88. The molecule has 2 heterocycles. The third-order valence-corrected chi connectivity index (χ3v) is 3.67. The first-order valence-electron chi connectivity index (χ1n) is 8.05. The van der Waals surface area contributed by atoms with Gasteiger partial charge in [-0.25, -0.2) is 14.1 Å². The second-order valence-electron chi connectivity index (χ2n) is 5.64. The molecule has 9 heteroatoms. The fourth-order valence-corrected chi connectivity index (χ4v) is 2.52. The number of carboxylic acids is 1. The number of benzene rings is 1. The van der Waals surface area contributed by atoms with Gasteiger partial charge in [-0.3, -0.25) is 9.48 Å². The van der Waals surface area contributed by atoms with E-state index in [0.29, 0.717) is 23.8 Å². The minimum atomic E-state index is -1.04. The molecule has 0 saturated heterocycles. The number of carboxylic acid groups (broad SMARTS) is 1. The van der Waals surface area contributed by atoms with E-state index in [1.165, 1.54) is 22.9 Å². The summed E-state index contributed by atoms with van der Waals surface area (Å²) in [4.78, 5) is 15.5. The lowest BCUT2D eigenvalue weighted by Gasteiger charge is -2.02. The molecule has 0 aliphatic rings. The molecular weight excluding hydrogens is 341 g/mol. The van der Waals surface area contributed by atoms with Crippen LogP contribution in [0.15, 0.2) is 30.3 Å². The molecule has 0 unspecified atom stereocenters. The number of aromatic nitrogens is 5. The summed E-state index contributed by atoms with van der Waals surface area (Å²) < 4.78 is 21.8. The van der Waals surface area contributed by atoms with Crippen molar-refractivity contribution < 1.29 is 19.0 Å². The van der Waals surface area contributed by atoms with Gasteiger partial charge in [0.15, 0.2) is 11.6 Å². The topological polar surface area (TPSA) is 95.1 Å². The van der Waals surface area contributed by atoms with Crippen LogP contribution in [-0.4, -0.2) is 35.6 Å². The average Bonchev–Trinajstić information content (AvgIpc) is 3.15. The molecule has 0 amide bonds. The Labute approximate surface area is 148 Å². The van der Waals surface area contributed by atoms with Gasteiger partial charge in [0.05, 0.1) is 0 Å². The molecule has 0 fully saturated rings. The number of rotatable bonds is 7. The van der Waals surface area contributed by atoms with Crippen LogP contribution < -0.4 is 4.74 Å². The largest absolute Gasteiger partial charge is 0.485 e. The third-order valence-electron chi connectivity index (χ3n) is 3.67. The number of ether oxygens (including phenoxy) is 1. The first kappa shape index (κ1) is 17.6. The van der Waals surface area contributed by atoms with Crippen molar-refractivity contribution in [2.45, 2.75) is 33.5 Å². The van der Waals surface area contributed by atoms with Gasteiger partial charge in [-0.05, 0) is 32.0 Å². The summed E-state index contributed by atoms with van der Waals surface area (Å²) in [6, 6.07) is 7.54. The molecular formula is C17H18FN5O3. The highest BCUT2D eigenvalue weighted by Crippen LogP contribution is 2.19. The van der Waals surface area contributed by atoms with Crippen molar-refractivity contribution in [3.8, 4) is 17.3 Å². The van der Waals surface area contributed by atoms with Crippen molar-refractivity contribution in [2.24, 2.45) is 0 Å². The second-order valence-corrected chi connectivity index (χ2v) is 5.64. The van der Waals surface area contributed by atoms with Crippen molar-refractivity contribution >= 4 is 5.97 Å². The van der Waals surface area contributed by atoms with E-state index in [1.54, 1.807) is 10.7 Å². The van der Waals surface area contributed by atoms with E-state index in [9.17, 15) is 9.18 Å². The highest BCUT2D eigenvalue weighted by Gasteiger charge is 2.18. The normalized spacial score (nSPS) is 10.9. The summed E-state index contributed by atoms with van der Waals surface area (Å²) >= 11 is 0. The minimum Gasteiger partial charge on any atom is -0.485 e. The zero-order chi connectivity index (χ0) is 18.7. The molecule has 0 aliphatic carbocycles. The summed E-state index contributed by atoms with van der Waals surface area (Å²) in [7, 11) is 0. The SMILES string of the molecule is CCn1nc(-c2nc(COc3cccc(F)c3)nn2CC(=O)O)cc1C. The monoisotopic (exact) mass is 359 g/mol. The number of hydrogen-bond donors (Lipinski definition) is 1. The molecule has 1 N–H and O–H groups in total. The van der Waals surface area contributed by atoms with Crippen LogP contribution in [0.3, 0.4) is 0 Å². The Morgan fingerprint density at radius 2 is 2.08 bits per heavy atom. The number of aryl methyl sites for hydroxylation is 2. The van der Waals surface area contributed by atoms with Crippen LogP contribution >= 0.6 is 0 Å². The molecule has 3 rings (SSSR count). The first-order chi connectivity index (χ1) is 12.5. The number of hydrogen-bond acceptors (Lipinski definition) is 5. The van der Waals surface area contributed by atoms with E-state index in [-0.39, 0.29) is 19.0 Å². The van der Waals surface area contributed by atoms with Crippen molar-refractivity contribution in [3.05, 3.63) is 47.7 Å². The van der Waals surface area contributed by atoms with Crippen molar-refractivity contribution in [1.82, 2.24) is 24.5 Å². The molecule has 136 valence electrons. The summed E-state index contributed by atoms with van der Waals surface area (Å²) in [6.07, 6.45) is 0. The molecule has 8 nitrogen and oxygen atoms in total. The van der Waals surface area contributed by atoms with Gasteiger partial charge in [0.25, 0.3) is 0 Å². The van der Waals surface area contributed by atoms with E-state index >= 15 is 0 Å². The van der Waals surface area contributed by atoms with Gasteiger partial charge in [-0.1, -0.05) is 6.07 Å². The highest BCUT2D eigenvalue weighted by molar-refractivity contribution is 5.67. The van der Waals surface area contributed by atoms with Gasteiger partial charge in [0.2, 0.25) is 0 Å². The van der Waals surface area contributed by atoms with Gasteiger partial charge in [-0.15, -0.1) is 0 Å². The molecule has 0 bridgehead atoms. The molecule has 0 radical (unpaired) electrons. The van der Waals surface area contributed by atoms with Gasteiger partial charge < -0.3 is 9.84 Å². The number of nitrogens with zero attached hydrogens (tertiary/aromatic N) is 5. The van der Waals surface area contributed by atoms with Crippen LogP contribution in [0.4, 0.5) is 4.39 Å². The van der Waals surface area contributed by atoms with Crippen molar-refractivity contribution in [2.75, 3.05) is 0 Å². The summed E-state index contributed by atoms with van der Waals surface area (Å²) in [5.74, 6) is -0.476. The van der Waals surface area contributed by atoms with Crippen LogP contribution in [0.25, 0.3) is 11.5 Å². The quantitative estimate of drug-likeness (QED) is 0.695. The summed E-state index contributed by atoms with van der Waals surface area (Å²) in [5.41, 5.74) is 1.47. The minimum absolute atomic E-state index is 0.0173. The van der Waals surface area contributed by atoms with Gasteiger partial charge in [-0.2, -0.15) is 10.2 Å². The van der Waals surface area contributed by atoms with Gasteiger partial charge in [0.1, 0.15) is 30.4 Å². The molecule has 0 spiro atoms. The van der Waals surface area contributed by atoms with Crippen LogP contribution in [0.2, 0.25) is 0 Å². The lowest BCUT2D eigenvalue weighted by atomic mass is 10.3. The molecule has 26 heavy (non-hydrogen) atoms. The number of aliphatic carboxylic acids is 1. The van der Waals surface area contributed by atoms with Crippen LogP contribution in [-0.2, 0) is 24.5 Å².